The number of aromatic hydroxyl groups is 3. The Morgan fingerprint density at radius 2 is 1.50 bits per heavy atom. The molecular weight excluding hydrogens is 384 g/mol. The highest BCUT2D eigenvalue weighted by Crippen LogP contribution is 2.42. The molecule has 0 atom stereocenters. The zero-order valence-electron chi connectivity index (χ0n) is 15.3. The Hall–Kier alpha value is -3.17. The van der Waals surface area contributed by atoms with E-state index in [-0.39, 0.29) is 34.2 Å². The Balaban J connectivity index is 2.17. The molecule has 0 aliphatic carbocycles. The van der Waals surface area contributed by atoms with Crippen molar-refractivity contribution < 1.29 is 28.3 Å². The van der Waals surface area contributed by atoms with Gasteiger partial charge >= 0.3 is 0 Å². The van der Waals surface area contributed by atoms with E-state index in [1.165, 1.54) is 13.0 Å². The largest absolute Gasteiger partial charge is 0.508 e. The lowest BCUT2D eigenvalue weighted by atomic mass is 10.00. The van der Waals surface area contributed by atoms with E-state index in [1.54, 1.807) is 26.0 Å². The van der Waals surface area contributed by atoms with Crippen LogP contribution in [0.2, 0.25) is 0 Å². The number of benzene rings is 3. The predicted octanol–water partition coefficient (Wildman–Crippen LogP) is 4.54. The minimum absolute atomic E-state index is 0.100. The third-order valence-corrected chi connectivity index (χ3v) is 5.34. The van der Waals surface area contributed by atoms with Gasteiger partial charge in [-0.1, -0.05) is 0 Å². The van der Waals surface area contributed by atoms with Crippen molar-refractivity contribution >= 4 is 32.3 Å². The van der Waals surface area contributed by atoms with Crippen LogP contribution in [0.15, 0.2) is 45.5 Å². The van der Waals surface area contributed by atoms with Crippen LogP contribution in [-0.4, -0.2) is 28.3 Å². The SMILES string of the molecule is Cc1cc(S(=O)(=O)O)cc(N=Nc2c(C)cc3c(C)c(O)ccc3c2O)c1O. The van der Waals surface area contributed by atoms with Crippen LogP contribution < -0.4 is 0 Å². The first-order valence-electron chi connectivity index (χ1n) is 8.18. The van der Waals surface area contributed by atoms with Crippen molar-refractivity contribution in [3.63, 3.8) is 0 Å². The van der Waals surface area contributed by atoms with Gasteiger partial charge in [0.1, 0.15) is 22.9 Å². The van der Waals surface area contributed by atoms with Crippen LogP contribution in [0.5, 0.6) is 17.2 Å². The summed E-state index contributed by atoms with van der Waals surface area (Å²) in [7, 11) is -4.49. The van der Waals surface area contributed by atoms with Crippen molar-refractivity contribution in [3.05, 3.63) is 47.0 Å². The molecule has 4 N–H and O–H groups in total. The highest BCUT2D eigenvalue weighted by molar-refractivity contribution is 7.85. The minimum atomic E-state index is -4.49. The third-order valence-electron chi connectivity index (χ3n) is 4.51. The van der Waals surface area contributed by atoms with Crippen molar-refractivity contribution in [2.45, 2.75) is 25.7 Å². The van der Waals surface area contributed by atoms with E-state index in [9.17, 15) is 28.3 Å². The standard InChI is InChI=1S/C19H18N2O6S/c1-9-7-14-11(3)16(22)5-4-13(14)19(24)17(9)21-20-15-8-12(28(25,26)27)6-10(2)18(15)23/h4-8,22-24H,1-3H3,(H,25,26,27). The fraction of sp³-hybridized carbons (Fsp3) is 0.158. The zero-order valence-corrected chi connectivity index (χ0v) is 16.1. The Morgan fingerprint density at radius 3 is 2.14 bits per heavy atom. The molecule has 0 unspecified atom stereocenters. The van der Waals surface area contributed by atoms with Crippen LogP contribution in [-0.2, 0) is 10.1 Å². The van der Waals surface area contributed by atoms with Gasteiger partial charge in [-0.3, -0.25) is 4.55 Å². The molecule has 8 nitrogen and oxygen atoms in total. The van der Waals surface area contributed by atoms with Crippen LogP contribution in [0.25, 0.3) is 10.8 Å². The first-order valence-corrected chi connectivity index (χ1v) is 9.62. The van der Waals surface area contributed by atoms with E-state index in [2.05, 4.69) is 10.2 Å². The summed E-state index contributed by atoms with van der Waals surface area (Å²) in [6.07, 6.45) is 0. The van der Waals surface area contributed by atoms with Crippen LogP contribution in [0.3, 0.4) is 0 Å². The molecule has 0 heterocycles. The molecule has 0 radical (unpaired) electrons. The number of hydrogen-bond donors (Lipinski definition) is 4. The molecule has 146 valence electrons. The summed E-state index contributed by atoms with van der Waals surface area (Å²) in [5, 5.41) is 39.5. The Morgan fingerprint density at radius 1 is 0.821 bits per heavy atom. The van der Waals surface area contributed by atoms with Gasteiger partial charge in [-0.25, -0.2) is 0 Å². The lowest BCUT2D eigenvalue weighted by molar-refractivity contribution is 0.468. The van der Waals surface area contributed by atoms with Gasteiger partial charge in [-0.15, -0.1) is 10.2 Å². The van der Waals surface area contributed by atoms with Crippen molar-refractivity contribution in [2.75, 3.05) is 0 Å². The van der Waals surface area contributed by atoms with Gasteiger partial charge in [0.05, 0.1) is 4.90 Å². The highest BCUT2D eigenvalue weighted by Gasteiger charge is 2.17. The maximum absolute atomic E-state index is 11.4. The van der Waals surface area contributed by atoms with E-state index < -0.39 is 15.0 Å². The first-order chi connectivity index (χ1) is 13.0. The molecule has 3 aromatic rings. The second-order valence-electron chi connectivity index (χ2n) is 6.48. The number of aryl methyl sites for hydroxylation is 3. The molecule has 0 amide bonds. The van der Waals surface area contributed by atoms with Crippen LogP contribution in [0.1, 0.15) is 16.7 Å². The lowest BCUT2D eigenvalue weighted by Gasteiger charge is -2.11. The fourth-order valence-corrected chi connectivity index (χ4v) is 3.48. The quantitative estimate of drug-likeness (QED) is 0.374. The van der Waals surface area contributed by atoms with Crippen molar-refractivity contribution in [1.82, 2.24) is 0 Å². The second-order valence-corrected chi connectivity index (χ2v) is 7.90. The molecule has 0 aromatic heterocycles. The molecule has 0 fully saturated rings. The number of nitrogens with zero attached hydrogens (tertiary/aromatic N) is 2. The zero-order chi connectivity index (χ0) is 20.8. The number of phenols is 3. The van der Waals surface area contributed by atoms with Crippen LogP contribution in [0.4, 0.5) is 11.4 Å². The lowest BCUT2D eigenvalue weighted by Crippen LogP contribution is -1.98. The summed E-state index contributed by atoms with van der Waals surface area (Å²) >= 11 is 0. The minimum Gasteiger partial charge on any atom is -0.508 e. The second kappa shape index (κ2) is 6.77. The molecule has 9 heteroatoms. The average Bonchev–Trinajstić information content (AvgIpc) is 2.60. The Kier molecular flexibility index (Phi) is 4.74. The van der Waals surface area contributed by atoms with Gasteiger partial charge in [0.15, 0.2) is 5.75 Å². The molecule has 3 aromatic carbocycles. The molecule has 3 rings (SSSR count). The van der Waals surface area contributed by atoms with Gasteiger partial charge in [0.2, 0.25) is 0 Å². The average molecular weight is 402 g/mol. The van der Waals surface area contributed by atoms with Gasteiger partial charge in [-0.05, 0) is 73.2 Å². The maximum atomic E-state index is 11.4. The summed E-state index contributed by atoms with van der Waals surface area (Å²) in [6, 6.07) is 6.83. The number of azo groups is 1. The summed E-state index contributed by atoms with van der Waals surface area (Å²) in [6.45, 7) is 4.87. The number of rotatable bonds is 3. The predicted molar refractivity (Wildman–Crippen MR) is 104 cm³/mol. The van der Waals surface area contributed by atoms with Gasteiger partial charge in [-0.2, -0.15) is 8.42 Å². The fourth-order valence-electron chi connectivity index (χ4n) is 2.89. The number of fused-ring (bicyclic) bond motifs is 1. The van der Waals surface area contributed by atoms with E-state index >= 15 is 0 Å². The highest BCUT2D eigenvalue weighted by atomic mass is 32.2. The summed E-state index contributed by atoms with van der Waals surface area (Å²) < 4.78 is 32.0. The topological polar surface area (TPSA) is 140 Å². The molecule has 0 aliphatic rings. The maximum Gasteiger partial charge on any atom is 0.294 e. The molecular formula is C19H18N2O6S. The van der Waals surface area contributed by atoms with E-state index in [0.717, 1.165) is 12.1 Å². The van der Waals surface area contributed by atoms with Crippen molar-refractivity contribution in [2.24, 2.45) is 10.2 Å². The van der Waals surface area contributed by atoms with Crippen LogP contribution in [0, 0.1) is 20.8 Å². The summed E-state index contributed by atoms with van der Waals surface area (Å²) in [5.41, 5.74) is 1.31. The Labute approximate surface area is 161 Å². The van der Waals surface area contributed by atoms with Crippen molar-refractivity contribution in [3.8, 4) is 17.2 Å². The normalized spacial score (nSPS) is 12.1. The van der Waals surface area contributed by atoms with E-state index in [4.69, 9.17) is 0 Å². The summed E-state index contributed by atoms with van der Waals surface area (Å²) in [5.74, 6) is -0.359. The smallest absolute Gasteiger partial charge is 0.294 e. The van der Waals surface area contributed by atoms with E-state index in [0.29, 0.717) is 21.9 Å². The molecule has 0 bridgehead atoms. The molecule has 0 saturated carbocycles. The van der Waals surface area contributed by atoms with Gasteiger partial charge in [0.25, 0.3) is 10.1 Å². The van der Waals surface area contributed by atoms with E-state index in [1.807, 2.05) is 0 Å². The number of phenolic OH excluding ortho intramolecular Hbond substituents is 3. The van der Waals surface area contributed by atoms with Crippen LogP contribution >= 0.6 is 0 Å². The molecule has 0 saturated heterocycles. The van der Waals surface area contributed by atoms with Gasteiger partial charge < -0.3 is 15.3 Å². The molecule has 28 heavy (non-hydrogen) atoms. The number of hydrogen-bond acceptors (Lipinski definition) is 7. The Bertz CT molecular complexity index is 1250. The van der Waals surface area contributed by atoms with Gasteiger partial charge in [0, 0.05) is 5.39 Å². The third kappa shape index (κ3) is 3.37. The van der Waals surface area contributed by atoms with Crippen molar-refractivity contribution in [1.29, 1.82) is 0 Å². The molecule has 0 spiro atoms. The monoisotopic (exact) mass is 402 g/mol. The molecule has 0 aliphatic heterocycles. The first kappa shape index (κ1) is 19.6. The summed E-state index contributed by atoms with van der Waals surface area (Å²) in [4.78, 5) is -0.428.